The van der Waals surface area contributed by atoms with Gasteiger partial charge in [-0.3, -0.25) is 9.59 Å². The van der Waals surface area contributed by atoms with Gasteiger partial charge in [-0.1, -0.05) is 0 Å². The molecule has 1 aromatic rings. The molecule has 3 rings (SSSR count). The van der Waals surface area contributed by atoms with Crippen LogP contribution in [0.4, 0.5) is 0 Å². The Morgan fingerprint density at radius 1 is 1.19 bits per heavy atom. The quantitative estimate of drug-likeness (QED) is 0.737. The third-order valence-corrected chi connectivity index (χ3v) is 6.81. The number of carbonyl (C=O) groups excluding carboxylic acids is 2. The highest BCUT2D eigenvalue weighted by Crippen LogP contribution is 2.24. The maximum absolute atomic E-state index is 12.8. The Morgan fingerprint density at radius 2 is 1.88 bits per heavy atom. The second kappa shape index (κ2) is 7.01. The Kier molecular flexibility index (Phi) is 5.09. The lowest BCUT2D eigenvalue weighted by molar-refractivity contribution is -0.140. The first-order chi connectivity index (χ1) is 12.2. The number of furan rings is 1. The van der Waals surface area contributed by atoms with E-state index < -0.39 is 21.5 Å². The molecule has 0 spiro atoms. The molecule has 9 nitrogen and oxygen atoms in total. The summed E-state index contributed by atoms with van der Waals surface area (Å²) >= 11 is 0. The monoisotopic (exact) mass is 384 g/mol. The number of hydrogen-bond donors (Lipinski definition) is 2. The summed E-state index contributed by atoms with van der Waals surface area (Å²) in [5, 5.41) is 2.98. The second-order valence-electron chi connectivity index (χ2n) is 6.90. The van der Waals surface area contributed by atoms with Crippen molar-refractivity contribution in [2.75, 3.05) is 32.7 Å². The number of carbonyl (C=O) groups is 2. The number of nitrogens with zero attached hydrogens (tertiary/aromatic N) is 2. The van der Waals surface area contributed by atoms with Gasteiger partial charge in [0, 0.05) is 26.2 Å². The Hall–Kier alpha value is -1.91. The topological polar surface area (TPSA) is 126 Å². The van der Waals surface area contributed by atoms with E-state index >= 15 is 0 Å². The molecular formula is C16H24N4O5S. The van der Waals surface area contributed by atoms with E-state index in [4.69, 9.17) is 10.2 Å². The molecule has 2 aliphatic heterocycles. The molecule has 1 atom stereocenters. The first kappa shape index (κ1) is 18.9. The maximum Gasteiger partial charge on any atom is 0.284 e. The van der Waals surface area contributed by atoms with E-state index in [1.807, 2.05) is 6.92 Å². The zero-order valence-electron chi connectivity index (χ0n) is 14.7. The summed E-state index contributed by atoms with van der Waals surface area (Å²) in [7, 11) is -3.86. The number of piperazine rings is 1. The van der Waals surface area contributed by atoms with Crippen LogP contribution in [0.5, 0.6) is 0 Å². The summed E-state index contributed by atoms with van der Waals surface area (Å²) in [6.45, 7) is 3.72. The fourth-order valence-corrected chi connectivity index (χ4v) is 4.77. The van der Waals surface area contributed by atoms with Crippen molar-refractivity contribution in [2.24, 2.45) is 5.73 Å². The van der Waals surface area contributed by atoms with Crippen LogP contribution < -0.4 is 11.1 Å². The normalized spacial score (nSPS) is 25.2. The van der Waals surface area contributed by atoms with E-state index in [0.717, 1.165) is 25.8 Å². The van der Waals surface area contributed by atoms with Crippen molar-refractivity contribution in [3.8, 4) is 0 Å². The van der Waals surface area contributed by atoms with Crippen LogP contribution in [0, 0.1) is 0 Å². The lowest BCUT2D eigenvalue weighted by Gasteiger charge is -2.41. The molecule has 10 heteroatoms. The number of nitrogens with one attached hydrogen (secondary N) is 1. The molecule has 0 aromatic carbocycles. The molecule has 3 N–H and O–H groups in total. The van der Waals surface area contributed by atoms with Crippen molar-refractivity contribution in [3.63, 3.8) is 0 Å². The SMILES string of the molecule is CC1(C(=O)N2CCN(S(=O)(=O)c3ccc(C(N)=O)o3)CC2)CCCCN1. The highest BCUT2D eigenvalue weighted by Gasteiger charge is 2.40. The number of hydrogen-bond acceptors (Lipinski definition) is 6. The van der Waals surface area contributed by atoms with Crippen molar-refractivity contribution in [1.82, 2.24) is 14.5 Å². The first-order valence-corrected chi connectivity index (χ1v) is 10.1. The fraction of sp³-hybridized carbons (Fsp3) is 0.625. The minimum Gasteiger partial charge on any atom is -0.438 e. The van der Waals surface area contributed by atoms with Crippen molar-refractivity contribution in [1.29, 1.82) is 0 Å². The molecule has 0 saturated carbocycles. The number of primary amides is 1. The summed E-state index contributed by atoms with van der Waals surface area (Å²) in [4.78, 5) is 25.6. The summed E-state index contributed by atoms with van der Waals surface area (Å²) in [6.07, 6.45) is 2.85. The standard InChI is InChI=1S/C16H24N4O5S/c1-16(6-2-3-7-18-16)15(22)19-8-10-20(11-9-19)26(23,24)13-5-4-12(25-13)14(17)21/h4-5,18H,2-3,6-11H2,1H3,(H2,17,21). The van der Waals surface area contributed by atoms with Crippen LogP contribution >= 0.6 is 0 Å². The molecular weight excluding hydrogens is 360 g/mol. The van der Waals surface area contributed by atoms with Crippen molar-refractivity contribution in [3.05, 3.63) is 17.9 Å². The minimum absolute atomic E-state index is 0.0169. The van der Waals surface area contributed by atoms with Gasteiger partial charge in [-0.25, -0.2) is 8.42 Å². The van der Waals surface area contributed by atoms with Gasteiger partial charge in [0.1, 0.15) is 0 Å². The Balaban J connectivity index is 1.65. The number of sulfonamides is 1. The van der Waals surface area contributed by atoms with Crippen molar-refractivity contribution < 1.29 is 22.4 Å². The molecule has 2 fully saturated rings. The van der Waals surface area contributed by atoms with E-state index in [1.54, 1.807) is 4.90 Å². The van der Waals surface area contributed by atoms with Gasteiger partial charge in [0.15, 0.2) is 5.76 Å². The predicted octanol–water partition coefficient (Wildman–Crippen LogP) is -0.256. The average Bonchev–Trinajstić information content (AvgIpc) is 3.13. The Morgan fingerprint density at radius 3 is 2.42 bits per heavy atom. The molecule has 1 unspecified atom stereocenters. The molecule has 144 valence electrons. The van der Waals surface area contributed by atoms with Crippen LogP contribution in [0.1, 0.15) is 36.7 Å². The molecule has 0 aliphatic carbocycles. The molecule has 26 heavy (non-hydrogen) atoms. The van der Waals surface area contributed by atoms with Crippen LogP contribution in [0.3, 0.4) is 0 Å². The zero-order valence-corrected chi connectivity index (χ0v) is 15.5. The van der Waals surface area contributed by atoms with Gasteiger partial charge < -0.3 is 20.4 Å². The van der Waals surface area contributed by atoms with E-state index in [2.05, 4.69) is 5.32 Å². The van der Waals surface area contributed by atoms with Crippen LogP contribution in [0.2, 0.25) is 0 Å². The average molecular weight is 384 g/mol. The highest BCUT2D eigenvalue weighted by molar-refractivity contribution is 7.89. The molecule has 3 heterocycles. The van der Waals surface area contributed by atoms with Crippen LogP contribution in [0.25, 0.3) is 0 Å². The fourth-order valence-electron chi connectivity index (χ4n) is 3.44. The molecule has 1 aromatic heterocycles. The molecule has 2 amide bonds. The lowest BCUT2D eigenvalue weighted by Crippen LogP contribution is -2.61. The van der Waals surface area contributed by atoms with E-state index in [0.29, 0.717) is 13.1 Å². The molecule has 0 radical (unpaired) electrons. The molecule has 2 aliphatic rings. The molecule has 0 bridgehead atoms. The zero-order chi connectivity index (χ0) is 18.9. The van der Waals surface area contributed by atoms with Gasteiger partial charge in [-0.05, 0) is 44.9 Å². The van der Waals surface area contributed by atoms with Gasteiger partial charge in [-0.15, -0.1) is 0 Å². The smallest absolute Gasteiger partial charge is 0.284 e. The van der Waals surface area contributed by atoms with E-state index in [9.17, 15) is 18.0 Å². The first-order valence-electron chi connectivity index (χ1n) is 8.68. The van der Waals surface area contributed by atoms with Crippen LogP contribution in [-0.2, 0) is 14.8 Å². The summed E-state index contributed by atoms with van der Waals surface area (Å²) in [5.74, 6) is -1.01. The van der Waals surface area contributed by atoms with Crippen molar-refractivity contribution in [2.45, 2.75) is 36.8 Å². The number of amides is 2. The largest absolute Gasteiger partial charge is 0.438 e. The van der Waals surface area contributed by atoms with E-state index in [1.165, 1.54) is 16.4 Å². The van der Waals surface area contributed by atoms with E-state index in [-0.39, 0.29) is 29.8 Å². The van der Waals surface area contributed by atoms with Gasteiger partial charge in [0.05, 0.1) is 5.54 Å². The number of piperidine rings is 1. The van der Waals surface area contributed by atoms with Gasteiger partial charge in [0.2, 0.25) is 11.0 Å². The third kappa shape index (κ3) is 3.49. The predicted molar refractivity (Wildman–Crippen MR) is 92.8 cm³/mol. The number of rotatable bonds is 4. The lowest BCUT2D eigenvalue weighted by atomic mass is 9.89. The minimum atomic E-state index is -3.86. The third-order valence-electron chi connectivity index (χ3n) is 5.03. The summed E-state index contributed by atoms with van der Waals surface area (Å²) < 4.78 is 31.6. The maximum atomic E-state index is 12.8. The highest BCUT2D eigenvalue weighted by atomic mass is 32.2. The molecule has 2 saturated heterocycles. The summed E-state index contributed by atoms with van der Waals surface area (Å²) in [5.41, 5.74) is 4.52. The Labute approximate surface area is 152 Å². The van der Waals surface area contributed by atoms with Gasteiger partial charge in [0.25, 0.3) is 15.9 Å². The summed E-state index contributed by atoms with van der Waals surface area (Å²) in [6, 6.07) is 2.46. The van der Waals surface area contributed by atoms with Gasteiger partial charge >= 0.3 is 0 Å². The van der Waals surface area contributed by atoms with Gasteiger partial charge in [-0.2, -0.15) is 4.31 Å². The number of nitrogens with two attached hydrogens (primary N) is 1. The van der Waals surface area contributed by atoms with Crippen molar-refractivity contribution >= 4 is 21.8 Å². The van der Waals surface area contributed by atoms with Crippen LogP contribution in [0.15, 0.2) is 21.6 Å². The Bertz CT molecular complexity index is 789. The second-order valence-corrected chi connectivity index (χ2v) is 8.76. The van der Waals surface area contributed by atoms with Crippen LogP contribution in [-0.4, -0.2) is 67.7 Å².